The van der Waals surface area contributed by atoms with E-state index in [2.05, 4.69) is 10.7 Å². The maximum atomic E-state index is 12.1. The molecule has 0 aromatic heterocycles. The number of urea groups is 1. The van der Waals surface area contributed by atoms with Gasteiger partial charge in [0, 0.05) is 36.8 Å². The number of rotatable bonds is 3. The summed E-state index contributed by atoms with van der Waals surface area (Å²) in [7, 11) is 0. The summed E-state index contributed by atoms with van der Waals surface area (Å²) in [5.74, 6) is -0.0102. The van der Waals surface area contributed by atoms with E-state index in [9.17, 15) is 9.59 Å². The quantitative estimate of drug-likeness (QED) is 0.862. The van der Waals surface area contributed by atoms with Gasteiger partial charge in [-0.1, -0.05) is 11.6 Å². The van der Waals surface area contributed by atoms with Crippen LogP contribution in [0.3, 0.4) is 0 Å². The highest BCUT2D eigenvalue weighted by atomic mass is 35.5. The molecule has 2 fully saturated rings. The van der Waals surface area contributed by atoms with Crippen LogP contribution in [-0.2, 0) is 9.53 Å². The van der Waals surface area contributed by atoms with Crippen molar-refractivity contribution in [2.24, 2.45) is 0 Å². The average Bonchev–Trinajstić information content (AvgIpc) is 2.89. The molecule has 8 heteroatoms. The first-order valence-corrected chi connectivity index (χ1v) is 7.95. The number of nitrogens with zero attached hydrogens (tertiary/aromatic N) is 2. The second-order valence-corrected chi connectivity index (χ2v) is 6.00. The Morgan fingerprint density at radius 2 is 1.91 bits per heavy atom. The summed E-state index contributed by atoms with van der Waals surface area (Å²) < 4.78 is 5.23. The monoisotopic (exact) mass is 338 g/mol. The molecule has 2 aliphatic heterocycles. The molecule has 0 radical (unpaired) electrons. The molecule has 1 aromatic carbocycles. The van der Waals surface area contributed by atoms with Crippen molar-refractivity contribution in [3.8, 4) is 0 Å². The van der Waals surface area contributed by atoms with Gasteiger partial charge in [0.1, 0.15) is 0 Å². The summed E-state index contributed by atoms with van der Waals surface area (Å²) in [5, 5.41) is 5.28. The normalized spacial score (nSPS) is 22.2. The number of carbonyl (C=O) groups is 2. The van der Waals surface area contributed by atoms with Crippen LogP contribution < -0.4 is 15.6 Å². The first kappa shape index (κ1) is 16.0. The third-order valence-electron chi connectivity index (χ3n) is 3.87. The van der Waals surface area contributed by atoms with E-state index in [-0.39, 0.29) is 18.0 Å². The molecular weight excluding hydrogens is 320 g/mol. The Morgan fingerprint density at radius 3 is 2.61 bits per heavy atom. The van der Waals surface area contributed by atoms with Gasteiger partial charge in [-0.3, -0.25) is 10.2 Å². The Bertz CT molecular complexity index is 575. The van der Waals surface area contributed by atoms with Crippen LogP contribution in [0.25, 0.3) is 0 Å². The Morgan fingerprint density at radius 1 is 1.22 bits per heavy atom. The molecule has 0 bridgehead atoms. The number of ether oxygens (including phenoxy) is 1. The highest BCUT2D eigenvalue weighted by Gasteiger charge is 2.31. The lowest BCUT2D eigenvalue weighted by Crippen LogP contribution is -2.53. The van der Waals surface area contributed by atoms with Gasteiger partial charge < -0.3 is 15.0 Å². The van der Waals surface area contributed by atoms with Crippen LogP contribution in [0.1, 0.15) is 6.42 Å². The van der Waals surface area contributed by atoms with Crippen LogP contribution in [0.15, 0.2) is 24.3 Å². The van der Waals surface area contributed by atoms with Crippen molar-refractivity contribution in [1.82, 2.24) is 15.8 Å². The van der Waals surface area contributed by atoms with E-state index in [1.54, 1.807) is 29.2 Å². The maximum absolute atomic E-state index is 12.1. The number of halogens is 1. The van der Waals surface area contributed by atoms with Crippen LogP contribution in [0.2, 0.25) is 5.02 Å². The second kappa shape index (κ2) is 7.16. The number of hydrogen-bond acceptors (Lipinski definition) is 4. The molecule has 1 atom stereocenters. The Hall–Kier alpha value is -1.83. The van der Waals surface area contributed by atoms with E-state index in [1.165, 1.54) is 0 Å². The molecule has 2 heterocycles. The largest absolute Gasteiger partial charge is 0.379 e. The van der Waals surface area contributed by atoms with Crippen LogP contribution >= 0.6 is 11.6 Å². The first-order valence-electron chi connectivity index (χ1n) is 7.57. The minimum Gasteiger partial charge on any atom is -0.379 e. The predicted molar refractivity (Wildman–Crippen MR) is 86.3 cm³/mol. The summed E-state index contributed by atoms with van der Waals surface area (Å²) in [5.41, 5.74) is 3.57. The Labute approximate surface area is 139 Å². The molecule has 2 saturated heterocycles. The molecule has 0 aliphatic carbocycles. The van der Waals surface area contributed by atoms with E-state index in [1.807, 2.05) is 5.01 Å². The molecule has 3 amide bonds. The summed E-state index contributed by atoms with van der Waals surface area (Å²) in [6.07, 6.45) is 0.291. The van der Waals surface area contributed by atoms with Gasteiger partial charge >= 0.3 is 6.03 Å². The predicted octanol–water partition coefficient (Wildman–Crippen LogP) is 0.992. The van der Waals surface area contributed by atoms with E-state index < -0.39 is 0 Å². The highest BCUT2D eigenvalue weighted by Crippen LogP contribution is 2.23. The molecule has 3 rings (SSSR count). The number of hydrazine groups is 1. The number of hydrogen-bond donors (Lipinski definition) is 2. The van der Waals surface area contributed by atoms with Crippen LogP contribution in [0.4, 0.5) is 10.5 Å². The summed E-state index contributed by atoms with van der Waals surface area (Å²) in [4.78, 5) is 25.8. The number of morpholine rings is 1. The van der Waals surface area contributed by atoms with E-state index in [0.717, 1.165) is 5.69 Å². The highest BCUT2D eigenvalue weighted by molar-refractivity contribution is 6.30. The van der Waals surface area contributed by atoms with Gasteiger partial charge in [-0.2, -0.15) is 0 Å². The van der Waals surface area contributed by atoms with Crippen molar-refractivity contribution in [3.63, 3.8) is 0 Å². The zero-order valence-electron chi connectivity index (χ0n) is 12.6. The van der Waals surface area contributed by atoms with Gasteiger partial charge in [-0.25, -0.2) is 9.80 Å². The van der Waals surface area contributed by atoms with Gasteiger partial charge in [-0.15, -0.1) is 0 Å². The van der Waals surface area contributed by atoms with Gasteiger partial charge in [-0.05, 0) is 24.3 Å². The van der Waals surface area contributed by atoms with Crippen molar-refractivity contribution in [1.29, 1.82) is 0 Å². The fraction of sp³-hybridized carbons (Fsp3) is 0.467. The Balaban J connectivity index is 1.52. The number of amides is 3. The summed E-state index contributed by atoms with van der Waals surface area (Å²) in [6, 6.07) is 6.60. The van der Waals surface area contributed by atoms with Crippen molar-refractivity contribution in [2.45, 2.75) is 12.5 Å². The van der Waals surface area contributed by atoms with Gasteiger partial charge in [0.05, 0.1) is 19.3 Å². The molecule has 0 saturated carbocycles. The molecule has 124 valence electrons. The van der Waals surface area contributed by atoms with Crippen molar-refractivity contribution < 1.29 is 14.3 Å². The number of nitrogens with one attached hydrogen (secondary N) is 2. The third kappa shape index (κ3) is 4.13. The minimum absolute atomic E-state index is 0.0102. The van der Waals surface area contributed by atoms with Crippen molar-refractivity contribution in [3.05, 3.63) is 29.3 Å². The van der Waals surface area contributed by atoms with Gasteiger partial charge in [0.15, 0.2) is 0 Å². The van der Waals surface area contributed by atoms with Crippen molar-refractivity contribution in [2.75, 3.05) is 37.7 Å². The molecule has 23 heavy (non-hydrogen) atoms. The van der Waals surface area contributed by atoms with Crippen LogP contribution in [-0.4, -0.2) is 55.8 Å². The first-order chi connectivity index (χ1) is 11.1. The smallest absolute Gasteiger partial charge is 0.329 e. The standard InChI is InChI=1S/C15H19ClN4O3/c16-11-1-3-13(4-2-11)20-10-12(9-14(20)21)17-15(22)18-19-5-7-23-8-6-19/h1-4,12H,5-10H2,(H2,17,18,22)/t12-/m0/s1. The Kier molecular flexibility index (Phi) is 5.00. The lowest BCUT2D eigenvalue weighted by atomic mass is 10.2. The molecule has 1 aromatic rings. The fourth-order valence-corrected chi connectivity index (χ4v) is 2.84. The zero-order chi connectivity index (χ0) is 16.2. The van der Waals surface area contributed by atoms with E-state index in [0.29, 0.717) is 44.3 Å². The molecule has 7 nitrogen and oxygen atoms in total. The topological polar surface area (TPSA) is 73.9 Å². The summed E-state index contributed by atoms with van der Waals surface area (Å²) in [6.45, 7) is 2.98. The van der Waals surface area contributed by atoms with Gasteiger partial charge in [0.25, 0.3) is 0 Å². The SMILES string of the molecule is O=C(N[C@H]1CC(=O)N(c2ccc(Cl)cc2)C1)NN1CCOCC1. The fourth-order valence-electron chi connectivity index (χ4n) is 2.71. The average molecular weight is 339 g/mol. The second-order valence-electron chi connectivity index (χ2n) is 5.57. The van der Waals surface area contributed by atoms with Gasteiger partial charge in [0.2, 0.25) is 5.91 Å². The van der Waals surface area contributed by atoms with E-state index >= 15 is 0 Å². The third-order valence-corrected chi connectivity index (χ3v) is 4.12. The van der Waals surface area contributed by atoms with Crippen LogP contribution in [0, 0.1) is 0 Å². The van der Waals surface area contributed by atoms with Crippen LogP contribution in [0.5, 0.6) is 0 Å². The number of anilines is 1. The molecule has 2 aliphatic rings. The lowest BCUT2D eigenvalue weighted by molar-refractivity contribution is -0.117. The molecule has 0 unspecified atom stereocenters. The molecule has 2 N–H and O–H groups in total. The zero-order valence-corrected chi connectivity index (χ0v) is 13.4. The number of carbonyl (C=O) groups excluding carboxylic acids is 2. The molecular formula is C15H19ClN4O3. The number of benzene rings is 1. The maximum Gasteiger partial charge on any atom is 0.329 e. The summed E-state index contributed by atoms with van der Waals surface area (Å²) >= 11 is 5.86. The van der Waals surface area contributed by atoms with E-state index in [4.69, 9.17) is 16.3 Å². The lowest BCUT2D eigenvalue weighted by Gasteiger charge is -2.27. The van der Waals surface area contributed by atoms with Crippen molar-refractivity contribution >= 4 is 29.2 Å². The minimum atomic E-state index is -0.289. The molecule has 0 spiro atoms.